The molecule has 1 aromatic rings. The minimum atomic E-state index is -4.03. The lowest BCUT2D eigenvalue weighted by molar-refractivity contribution is -0.158. The molecule has 1 saturated carbocycles. The second kappa shape index (κ2) is 9.13. The topological polar surface area (TPSA) is 105 Å². The third-order valence-electron chi connectivity index (χ3n) is 6.02. The quantitative estimate of drug-likeness (QED) is 0.630. The van der Waals surface area contributed by atoms with Crippen LogP contribution in [0.15, 0.2) is 30.3 Å². The van der Waals surface area contributed by atoms with Crippen molar-refractivity contribution in [3.63, 3.8) is 0 Å². The summed E-state index contributed by atoms with van der Waals surface area (Å²) in [5.41, 5.74) is -1.91. The van der Waals surface area contributed by atoms with Gasteiger partial charge in [-0.1, -0.05) is 37.3 Å². The number of piperazine rings is 1. The Morgan fingerprint density at radius 1 is 0.941 bits per heavy atom. The van der Waals surface area contributed by atoms with Gasteiger partial charge in [0.1, 0.15) is 16.7 Å². The van der Waals surface area contributed by atoms with Crippen molar-refractivity contribution in [2.24, 2.45) is 5.92 Å². The lowest BCUT2D eigenvalue weighted by Gasteiger charge is -2.36. The highest BCUT2D eigenvalue weighted by atomic mass is 32.2. The fraction of sp³-hybridized carbons (Fsp3) is 0.667. The van der Waals surface area contributed by atoms with Crippen molar-refractivity contribution in [2.75, 3.05) is 26.2 Å². The molecular formula is C24H37N3O6S. The molecule has 1 amide bonds. The molecule has 190 valence electrons. The number of benzene rings is 1. The number of ether oxygens (including phenoxy) is 2. The number of rotatable bonds is 5. The maximum absolute atomic E-state index is 13.4. The molecule has 1 N–H and O–H groups in total. The van der Waals surface area contributed by atoms with E-state index < -0.39 is 39.0 Å². The number of nitrogens with one attached hydrogen (secondary N) is 1. The van der Waals surface area contributed by atoms with Crippen LogP contribution in [-0.4, -0.2) is 72.6 Å². The molecular weight excluding hydrogens is 458 g/mol. The lowest BCUT2D eigenvalue weighted by Crippen LogP contribution is -2.58. The Balaban J connectivity index is 1.78. The lowest BCUT2D eigenvalue weighted by atomic mass is 10.1. The van der Waals surface area contributed by atoms with Gasteiger partial charge >= 0.3 is 12.1 Å². The van der Waals surface area contributed by atoms with Crippen LogP contribution in [0.4, 0.5) is 4.79 Å². The number of esters is 1. The van der Waals surface area contributed by atoms with Crippen LogP contribution in [0.3, 0.4) is 0 Å². The van der Waals surface area contributed by atoms with E-state index in [-0.39, 0.29) is 38.0 Å². The number of carbonyl (C=O) groups excluding carboxylic acids is 2. The Kier molecular flexibility index (Phi) is 7.09. The minimum Gasteiger partial charge on any atom is -0.459 e. The van der Waals surface area contributed by atoms with E-state index in [1.807, 2.05) is 37.3 Å². The van der Waals surface area contributed by atoms with Gasteiger partial charge in [-0.15, -0.1) is 0 Å². The van der Waals surface area contributed by atoms with Crippen LogP contribution in [-0.2, 0) is 24.5 Å². The van der Waals surface area contributed by atoms with E-state index in [4.69, 9.17) is 9.47 Å². The molecule has 1 heterocycles. The van der Waals surface area contributed by atoms with E-state index in [0.29, 0.717) is 0 Å². The van der Waals surface area contributed by atoms with E-state index in [9.17, 15) is 18.0 Å². The van der Waals surface area contributed by atoms with Gasteiger partial charge in [0.05, 0.1) is 0 Å². The van der Waals surface area contributed by atoms with Gasteiger partial charge in [0.25, 0.3) is 10.2 Å². The highest BCUT2D eigenvalue weighted by Gasteiger charge is 2.71. The van der Waals surface area contributed by atoms with Crippen molar-refractivity contribution < 1.29 is 27.5 Å². The zero-order chi connectivity index (χ0) is 25.5. The molecule has 1 aromatic carbocycles. The van der Waals surface area contributed by atoms with E-state index >= 15 is 0 Å². The zero-order valence-electron chi connectivity index (χ0n) is 21.1. The highest BCUT2D eigenvalue weighted by Crippen LogP contribution is 2.58. The van der Waals surface area contributed by atoms with Crippen LogP contribution in [0.1, 0.15) is 59.9 Å². The first kappa shape index (κ1) is 26.4. The summed E-state index contributed by atoms with van der Waals surface area (Å²) in [7, 11) is -4.03. The average Bonchev–Trinajstić information content (AvgIpc) is 3.30. The number of nitrogens with zero attached hydrogens (tertiary/aromatic N) is 2. The van der Waals surface area contributed by atoms with Crippen LogP contribution in [0.25, 0.3) is 0 Å². The molecule has 3 atom stereocenters. The molecule has 1 unspecified atom stereocenters. The Labute approximate surface area is 203 Å². The van der Waals surface area contributed by atoms with Crippen LogP contribution in [0.5, 0.6) is 0 Å². The summed E-state index contributed by atoms with van der Waals surface area (Å²) in [5.74, 6) is -1.22. The van der Waals surface area contributed by atoms with E-state index in [2.05, 4.69) is 4.72 Å². The largest absolute Gasteiger partial charge is 0.459 e. The molecule has 9 nitrogen and oxygen atoms in total. The summed E-state index contributed by atoms with van der Waals surface area (Å²) >= 11 is 0. The van der Waals surface area contributed by atoms with Crippen molar-refractivity contribution in [3.05, 3.63) is 35.9 Å². The highest BCUT2D eigenvalue weighted by molar-refractivity contribution is 7.87. The van der Waals surface area contributed by atoms with Crippen molar-refractivity contribution in [3.8, 4) is 0 Å². The molecule has 0 radical (unpaired) electrons. The van der Waals surface area contributed by atoms with Crippen molar-refractivity contribution >= 4 is 22.3 Å². The van der Waals surface area contributed by atoms with Gasteiger partial charge in [-0.2, -0.15) is 17.4 Å². The molecule has 0 spiro atoms. The van der Waals surface area contributed by atoms with Gasteiger partial charge in [0.15, 0.2) is 0 Å². The SMILES string of the molecule is C[C@H]1C(c2ccccc2)[C@]1(NS(=O)(=O)N1CCN(C(=O)OC(C)(C)C)CC1)C(=O)OC(C)(C)C. The summed E-state index contributed by atoms with van der Waals surface area (Å²) in [4.78, 5) is 27.2. The second-order valence-corrected chi connectivity index (χ2v) is 12.7. The van der Waals surface area contributed by atoms with Crippen LogP contribution in [0.2, 0.25) is 0 Å². The fourth-order valence-corrected chi connectivity index (χ4v) is 5.96. The molecule has 3 rings (SSSR count). The number of hydrogen-bond donors (Lipinski definition) is 1. The molecule has 1 aliphatic heterocycles. The van der Waals surface area contributed by atoms with Crippen molar-refractivity contribution in [1.82, 2.24) is 13.9 Å². The number of amides is 1. The predicted octanol–water partition coefficient (Wildman–Crippen LogP) is 2.89. The molecule has 0 aromatic heterocycles. The molecule has 1 aliphatic carbocycles. The smallest absolute Gasteiger partial charge is 0.410 e. The van der Waals surface area contributed by atoms with E-state index in [1.165, 1.54) is 9.21 Å². The Morgan fingerprint density at radius 2 is 1.47 bits per heavy atom. The third kappa shape index (κ3) is 5.72. The summed E-state index contributed by atoms with van der Waals surface area (Å²) in [5, 5.41) is 0. The molecule has 0 bridgehead atoms. The van der Waals surface area contributed by atoms with Gasteiger partial charge in [-0.05, 0) is 53.0 Å². The zero-order valence-corrected chi connectivity index (χ0v) is 21.9. The molecule has 1 saturated heterocycles. The van der Waals surface area contributed by atoms with Gasteiger partial charge in [0.2, 0.25) is 0 Å². The summed E-state index contributed by atoms with van der Waals surface area (Å²) < 4.78 is 41.8. The van der Waals surface area contributed by atoms with Crippen LogP contribution < -0.4 is 4.72 Å². The van der Waals surface area contributed by atoms with Gasteiger partial charge in [0, 0.05) is 32.1 Å². The first-order valence-electron chi connectivity index (χ1n) is 11.6. The average molecular weight is 496 g/mol. The minimum absolute atomic E-state index is 0.101. The van der Waals surface area contributed by atoms with Gasteiger partial charge < -0.3 is 14.4 Å². The van der Waals surface area contributed by atoms with Gasteiger partial charge in [-0.25, -0.2) is 9.59 Å². The molecule has 2 aliphatic rings. The monoisotopic (exact) mass is 495 g/mol. The summed E-state index contributed by atoms with van der Waals surface area (Å²) in [6.45, 7) is 13.1. The Morgan fingerprint density at radius 3 is 1.97 bits per heavy atom. The summed E-state index contributed by atoms with van der Waals surface area (Å²) in [6, 6.07) is 9.39. The Bertz CT molecular complexity index is 1010. The molecule has 10 heteroatoms. The summed E-state index contributed by atoms with van der Waals surface area (Å²) in [6.07, 6.45) is -0.470. The first-order valence-corrected chi connectivity index (χ1v) is 13.1. The third-order valence-corrected chi connectivity index (χ3v) is 7.66. The second-order valence-electron chi connectivity index (χ2n) is 11.0. The van der Waals surface area contributed by atoms with Gasteiger partial charge in [-0.3, -0.25) is 0 Å². The van der Waals surface area contributed by atoms with E-state index in [0.717, 1.165) is 5.56 Å². The first-order chi connectivity index (χ1) is 15.6. The normalized spacial score (nSPS) is 26.1. The Hall–Kier alpha value is -2.17. The van der Waals surface area contributed by atoms with Crippen molar-refractivity contribution in [1.29, 1.82) is 0 Å². The van der Waals surface area contributed by atoms with Crippen LogP contribution in [0, 0.1) is 5.92 Å². The standard InChI is InChI=1S/C24H37N3O6S/c1-17-19(18-11-9-8-10-12-18)24(17,20(28)32-22(2,3)4)25-34(30,31)27-15-13-26(14-16-27)21(29)33-23(5,6)7/h8-12,17,19,25H,13-16H2,1-7H3/t17-,19?,24-/m0/s1. The van der Waals surface area contributed by atoms with Crippen LogP contribution >= 0.6 is 0 Å². The van der Waals surface area contributed by atoms with E-state index in [1.54, 1.807) is 41.5 Å². The number of carbonyl (C=O) groups is 2. The molecule has 2 fully saturated rings. The number of hydrogen-bond acceptors (Lipinski definition) is 6. The van der Waals surface area contributed by atoms with Crippen molar-refractivity contribution in [2.45, 2.75) is 71.1 Å². The maximum atomic E-state index is 13.4. The molecule has 34 heavy (non-hydrogen) atoms. The fourth-order valence-electron chi connectivity index (χ4n) is 4.36. The predicted molar refractivity (Wildman–Crippen MR) is 128 cm³/mol. The maximum Gasteiger partial charge on any atom is 0.410 e.